The van der Waals surface area contributed by atoms with Gasteiger partial charge >= 0.3 is 5.69 Å². The third kappa shape index (κ3) is 4.48. The zero-order valence-electron chi connectivity index (χ0n) is 19.5. The Kier molecular flexibility index (Phi) is 6.58. The van der Waals surface area contributed by atoms with Gasteiger partial charge in [0.1, 0.15) is 5.82 Å². The molecule has 10 heteroatoms. The highest BCUT2D eigenvalue weighted by Crippen LogP contribution is 2.24. The van der Waals surface area contributed by atoms with E-state index in [1.807, 2.05) is 13.8 Å². The van der Waals surface area contributed by atoms with Crippen molar-refractivity contribution in [3.8, 4) is 0 Å². The van der Waals surface area contributed by atoms with Crippen LogP contribution in [0.5, 0.6) is 0 Å². The van der Waals surface area contributed by atoms with Gasteiger partial charge in [-0.25, -0.2) is 14.8 Å². The van der Waals surface area contributed by atoms with Crippen molar-refractivity contribution in [3.63, 3.8) is 0 Å². The molecule has 4 heterocycles. The van der Waals surface area contributed by atoms with Crippen LogP contribution in [0.4, 0.5) is 5.82 Å². The Morgan fingerprint density at radius 1 is 1.21 bits per heavy atom. The van der Waals surface area contributed by atoms with Crippen LogP contribution in [0.15, 0.2) is 40.1 Å². The Morgan fingerprint density at radius 2 is 1.94 bits per heavy atom. The van der Waals surface area contributed by atoms with Crippen LogP contribution in [-0.4, -0.2) is 49.3 Å². The van der Waals surface area contributed by atoms with E-state index >= 15 is 0 Å². The van der Waals surface area contributed by atoms with Crippen molar-refractivity contribution in [1.82, 2.24) is 24.4 Å². The SMILES string of the molecule is CCn1c(=O)[nH]c(=O)c2c(C(=O)N3CCC(C(=O)Nc4ccccn4)CC3)cc(C(C)C)nc21. The quantitative estimate of drug-likeness (QED) is 0.595. The molecule has 0 saturated carbocycles. The fourth-order valence-electron chi connectivity index (χ4n) is 4.23. The fourth-order valence-corrected chi connectivity index (χ4v) is 4.23. The van der Waals surface area contributed by atoms with E-state index in [0.717, 1.165) is 0 Å². The molecule has 3 aromatic rings. The normalized spacial score (nSPS) is 14.5. The number of aryl methyl sites for hydroxylation is 1. The number of H-pyrrole nitrogens is 1. The van der Waals surface area contributed by atoms with Gasteiger partial charge in [-0.05, 0) is 43.9 Å². The first-order valence-electron chi connectivity index (χ1n) is 11.5. The van der Waals surface area contributed by atoms with Crippen LogP contribution in [0.2, 0.25) is 0 Å². The van der Waals surface area contributed by atoms with Crippen LogP contribution in [0, 0.1) is 5.92 Å². The lowest BCUT2D eigenvalue weighted by Crippen LogP contribution is -2.42. The molecule has 1 saturated heterocycles. The van der Waals surface area contributed by atoms with Crippen molar-refractivity contribution in [3.05, 3.63) is 62.6 Å². The van der Waals surface area contributed by atoms with E-state index in [1.54, 1.807) is 42.3 Å². The van der Waals surface area contributed by atoms with E-state index in [9.17, 15) is 19.2 Å². The minimum atomic E-state index is -0.625. The van der Waals surface area contributed by atoms with Crippen molar-refractivity contribution in [2.75, 3.05) is 18.4 Å². The Labute approximate surface area is 196 Å². The number of aromatic amines is 1. The smallest absolute Gasteiger partial charge is 0.329 e. The summed E-state index contributed by atoms with van der Waals surface area (Å²) < 4.78 is 1.37. The third-order valence-corrected chi connectivity index (χ3v) is 6.18. The molecule has 2 N–H and O–H groups in total. The van der Waals surface area contributed by atoms with Gasteiger partial charge in [-0.15, -0.1) is 0 Å². The van der Waals surface area contributed by atoms with Gasteiger partial charge in [-0.1, -0.05) is 19.9 Å². The minimum Gasteiger partial charge on any atom is -0.339 e. The molecule has 0 spiro atoms. The molecule has 3 aromatic heterocycles. The molecule has 0 unspecified atom stereocenters. The number of anilines is 1. The Morgan fingerprint density at radius 3 is 2.56 bits per heavy atom. The molecule has 178 valence electrons. The molecule has 4 rings (SSSR count). The standard InChI is InChI=1S/C24H28N6O4/c1-4-30-20-19(22(32)28-24(30)34)16(13-17(26-20)14(2)3)23(33)29-11-8-15(9-12-29)21(31)27-18-7-5-6-10-25-18/h5-7,10,13-15H,4,8-9,11-12H2,1-3H3,(H,25,27,31)(H,28,32,34). The van der Waals surface area contributed by atoms with Crippen LogP contribution in [0.1, 0.15) is 55.6 Å². The summed E-state index contributed by atoms with van der Waals surface area (Å²) >= 11 is 0. The fraction of sp³-hybridized carbons (Fsp3) is 0.417. The third-order valence-electron chi connectivity index (χ3n) is 6.18. The Hall–Kier alpha value is -3.82. The number of nitrogens with one attached hydrogen (secondary N) is 2. The van der Waals surface area contributed by atoms with Gasteiger partial charge in [0, 0.05) is 37.4 Å². The number of hydrogen-bond acceptors (Lipinski definition) is 6. The number of fused-ring (bicyclic) bond motifs is 1. The highest BCUT2D eigenvalue weighted by atomic mass is 16.2. The second kappa shape index (κ2) is 9.58. The first-order chi connectivity index (χ1) is 16.3. The second-order valence-corrected chi connectivity index (χ2v) is 8.72. The maximum Gasteiger partial charge on any atom is 0.329 e. The number of hydrogen-bond donors (Lipinski definition) is 2. The number of carbonyl (C=O) groups excluding carboxylic acids is 2. The second-order valence-electron chi connectivity index (χ2n) is 8.72. The van der Waals surface area contributed by atoms with Gasteiger partial charge in [-0.3, -0.25) is 23.9 Å². The molecular formula is C24H28N6O4. The number of rotatable bonds is 5. The van der Waals surface area contributed by atoms with Gasteiger partial charge in [0.25, 0.3) is 11.5 Å². The van der Waals surface area contributed by atoms with Crippen LogP contribution in [0.25, 0.3) is 11.0 Å². The highest BCUT2D eigenvalue weighted by Gasteiger charge is 2.30. The number of nitrogens with zero attached hydrogens (tertiary/aromatic N) is 4. The first-order valence-corrected chi connectivity index (χ1v) is 11.5. The lowest BCUT2D eigenvalue weighted by atomic mass is 9.95. The van der Waals surface area contributed by atoms with Gasteiger partial charge < -0.3 is 10.2 Å². The molecule has 2 amide bonds. The van der Waals surface area contributed by atoms with Crippen molar-refractivity contribution in [1.29, 1.82) is 0 Å². The average molecular weight is 465 g/mol. The lowest BCUT2D eigenvalue weighted by molar-refractivity contribution is -0.121. The number of pyridine rings is 2. The minimum absolute atomic E-state index is 0.00308. The molecule has 0 radical (unpaired) electrons. The summed E-state index contributed by atoms with van der Waals surface area (Å²) in [5.74, 6) is -0.163. The molecule has 1 fully saturated rings. The summed E-state index contributed by atoms with van der Waals surface area (Å²) in [6, 6.07) is 6.95. The van der Waals surface area contributed by atoms with Gasteiger partial charge in [0.2, 0.25) is 5.91 Å². The van der Waals surface area contributed by atoms with Crippen LogP contribution in [-0.2, 0) is 11.3 Å². The Balaban J connectivity index is 1.60. The number of piperidine rings is 1. The summed E-state index contributed by atoms with van der Waals surface area (Å²) in [5.41, 5.74) is -0.0938. The summed E-state index contributed by atoms with van der Waals surface area (Å²) in [7, 11) is 0. The van der Waals surface area contributed by atoms with E-state index in [4.69, 9.17) is 0 Å². The zero-order chi connectivity index (χ0) is 24.4. The Bertz CT molecular complexity index is 1340. The number of likely N-dealkylation sites (tertiary alicyclic amines) is 1. The van der Waals surface area contributed by atoms with Crippen LogP contribution >= 0.6 is 0 Å². The molecule has 34 heavy (non-hydrogen) atoms. The zero-order valence-corrected chi connectivity index (χ0v) is 19.5. The molecule has 0 aliphatic carbocycles. The molecule has 1 aliphatic heterocycles. The van der Waals surface area contributed by atoms with Crippen LogP contribution in [0.3, 0.4) is 0 Å². The highest BCUT2D eigenvalue weighted by molar-refractivity contribution is 6.05. The first kappa shape index (κ1) is 23.3. The number of amides is 2. The summed E-state index contributed by atoms with van der Waals surface area (Å²) in [4.78, 5) is 63.8. The van der Waals surface area contributed by atoms with E-state index in [-0.39, 0.29) is 40.2 Å². The van der Waals surface area contributed by atoms with E-state index < -0.39 is 11.2 Å². The molecule has 0 aromatic carbocycles. The topological polar surface area (TPSA) is 130 Å². The predicted molar refractivity (Wildman–Crippen MR) is 128 cm³/mol. The van der Waals surface area contributed by atoms with E-state index in [0.29, 0.717) is 44.0 Å². The molecule has 0 bridgehead atoms. The van der Waals surface area contributed by atoms with Gasteiger partial charge in [0.15, 0.2) is 5.65 Å². The maximum atomic E-state index is 13.5. The van der Waals surface area contributed by atoms with Crippen molar-refractivity contribution >= 4 is 28.7 Å². The summed E-state index contributed by atoms with van der Waals surface area (Å²) in [6.45, 7) is 6.73. The summed E-state index contributed by atoms with van der Waals surface area (Å²) in [5, 5.41) is 2.93. The number of carbonyl (C=O) groups is 2. The van der Waals surface area contributed by atoms with Gasteiger partial charge in [-0.2, -0.15) is 0 Å². The van der Waals surface area contributed by atoms with E-state index in [1.165, 1.54) is 4.57 Å². The molecule has 10 nitrogen and oxygen atoms in total. The largest absolute Gasteiger partial charge is 0.339 e. The average Bonchev–Trinajstić information content (AvgIpc) is 2.83. The molecule has 1 aliphatic rings. The van der Waals surface area contributed by atoms with Gasteiger partial charge in [0.05, 0.1) is 10.9 Å². The molecular weight excluding hydrogens is 436 g/mol. The van der Waals surface area contributed by atoms with Crippen molar-refractivity contribution in [2.24, 2.45) is 5.92 Å². The van der Waals surface area contributed by atoms with Crippen molar-refractivity contribution in [2.45, 2.75) is 46.1 Å². The maximum absolute atomic E-state index is 13.5. The van der Waals surface area contributed by atoms with Crippen LogP contribution < -0.4 is 16.6 Å². The van der Waals surface area contributed by atoms with E-state index in [2.05, 4.69) is 20.3 Å². The number of aromatic nitrogens is 4. The molecule has 0 atom stereocenters. The summed E-state index contributed by atoms with van der Waals surface area (Å²) in [6.07, 6.45) is 2.61. The monoisotopic (exact) mass is 464 g/mol. The lowest BCUT2D eigenvalue weighted by Gasteiger charge is -2.31. The predicted octanol–water partition coefficient (Wildman–Crippen LogP) is 2.11. The van der Waals surface area contributed by atoms with Crippen molar-refractivity contribution < 1.29 is 9.59 Å².